The minimum atomic E-state index is -0.559. The highest BCUT2D eigenvalue weighted by atomic mass is 19.1. The van der Waals surface area contributed by atoms with Crippen LogP contribution in [0.3, 0.4) is 0 Å². The molecule has 1 aliphatic heterocycles. The Bertz CT molecular complexity index is 434. The molecule has 1 aromatic carbocycles. The number of ether oxygens (including phenoxy) is 1. The lowest BCUT2D eigenvalue weighted by molar-refractivity contribution is -0.124. The molecule has 1 heterocycles. The molecular formula is C11H13FN2O2. The zero-order valence-corrected chi connectivity index (χ0v) is 9.13. The number of nitrogens with one attached hydrogen (secondary N) is 2. The molecule has 0 saturated carbocycles. The number of methoxy groups -OCH3 is 1. The van der Waals surface area contributed by atoms with E-state index >= 15 is 0 Å². The summed E-state index contributed by atoms with van der Waals surface area (Å²) in [7, 11) is 1.47. The van der Waals surface area contributed by atoms with Crippen molar-refractivity contribution in [2.75, 3.05) is 24.3 Å². The summed E-state index contributed by atoms with van der Waals surface area (Å²) >= 11 is 0. The Hall–Kier alpha value is -1.62. The molecule has 1 amide bonds. The van der Waals surface area contributed by atoms with Crippen LogP contribution >= 0.6 is 0 Å². The van der Waals surface area contributed by atoms with E-state index in [-0.39, 0.29) is 11.7 Å². The molecule has 4 nitrogen and oxygen atoms in total. The minimum absolute atomic E-state index is 0.267. The summed E-state index contributed by atoms with van der Waals surface area (Å²) in [5.74, 6) is -0.603. The normalized spacial score (nSPS) is 19.4. The van der Waals surface area contributed by atoms with E-state index in [4.69, 9.17) is 4.74 Å². The zero-order chi connectivity index (χ0) is 11.7. The van der Waals surface area contributed by atoms with Crippen LogP contribution in [0.2, 0.25) is 0 Å². The highest BCUT2D eigenvalue weighted by Gasteiger charge is 2.23. The molecule has 2 N–H and O–H groups in total. The first-order chi connectivity index (χ1) is 7.61. The van der Waals surface area contributed by atoms with Gasteiger partial charge in [-0.1, -0.05) is 0 Å². The Morgan fingerprint density at radius 3 is 2.88 bits per heavy atom. The van der Waals surface area contributed by atoms with E-state index in [1.807, 2.05) is 0 Å². The first kappa shape index (κ1) is 10.9. The van der Waals surface area contributed by atoms with Crippen LogP contribution in [0, 0.1) is 12.7 Å². The number of hydrogen-bond donors (Lipinski definition) is 2. The number of aryl methyl sites for hydroxylation is 1. The maximum atomic E-state index is 13.3. The molecule has 1 aromatic rings. The van der Waals surface area contributed by atoms with Crippen molar-refractivity contribution in [2.24, 2.45) is 0 Å². The highest BCUT2D eigenvalue weighted by molar-refractivity contribution is 5.99. The molecule has 2 rings (SSSR count). The van der Waals surface area contributed by atoms with Gasteiger partial charge in [0, 0.05) is 7.11 Å². The predicted molar refractivity (Wildman–Crippen MR) is 59.1 cm³/mol. The second-order valence-electron chi connectivity index (χ2n) is 3.74. The zero-order valence-electron chi connectivity index (χ0n) is 9.13. The van der Waals surface area contributed by atoms with E-state index in [2.05, 4.69) is 10.6 Å². The van der Waals surface area contributed by atoms with Gasteiger partial charge >= 0.3 is 0 Å². The van der Waals surface area contributed by atoms with E-state index in [9.17, 15) is 9.18 Å². The molecule has 5 heteroatoms. The highest BCUT2D eigenvalue weighted by Crippen LogP contribution is 2.27. The predicted octanol–water partition coefficient (Wildman–Crippen LogP) is 1.51. The number of amides is 1. The standard InChI is InChI=1S/C11H13FN2O2/c1-6-3-8-9(4-7(6)12)14-11(15)10(16-2)5-13-8/h3-4,10,13H,5H2,1-2H3,(H,14,15). The number of fused-ring (bicyclic) bond motifs is 1. The van der Waals surface area contributed by atoms with Crippen molar-refractivity contribution < 1.29 is 13.9 Å². The summed E-state index contributed by atoms with van der Waals surface area (Å²) in [6.07, 6.45) is -0.559. The summed E-state index contributed by atoms with van der Waals surface area (Å²) < 4.78 is 18.3. The summed E-state index contributed by atoms with van der Waals surface area (Å²) in [4.78, 5) is 11.6. The molecule has 1 unspecified atom stereocenters. The average Bonchev–Trinajstić information content (AvgIpc) is 2.38. The van der Waals surface area contributed by atoms with Gasteiger partial charge in [0.15, 0.2) is 6.10 Å². The van der Waals surface area contributed by atoms with Crippen molar-refractivity contribution in [3.05, 3.63) is 23.5 Å². The van der Waals surface area contributed by atoms with E-state index < -0.39 is 6.10 Å². The van der Waals surface area contributed by atoms with Gasteiger partial charge in [-0.05, 0) is 24.6 Å². The van der Waals surface area contributed by atoms with Crippen molar-refractivity contribution >= 4 is 17.3 Å². The fraction of sp³-hybridized carbons (Fsp3) is 0.364. The Kier molecular flexibility index (Phi) is 2.78. The van der Waals surface area contributed by atoms with Crippen molar-refractivity contribution in [1.82, 2.24) is 0 Å². The summed E-state index contributed by atoms with van der Waals surface area (Å²) in [5, 5.41) is 5.67. The lowest BCUT2D eigenvalue weighted by Gasteiger charge is -2.10. The first-order valence-electron chi connectivity index (χ1n) is 4.99. The molecule has 86 valence electrons. The van der Waals surface area contributed by atoms with Crippen molar-refractivity contribution in [1.29, 1.82) is 0 Å². The van der Waals surface area contributed by atoms with E-state index in [0.29, 0.717) is 23.5 Å². The van der Waals surface area contributed by atoms with Crippen LogP contribution < -0.4 is 10.6 Å². The quantitative estimate of drug-likeness (QED) is 0.760. The van der Waals surface area contributed by atoms with E-state index in [1.54, 1.807) is 13.0 Å². The second-order valence-corrected chi connectivity index (χ2v) is 3.74. The van der Waals surface area contributed by atoms with Crippen LogP contribution in [-0.4, -0.2) is 25.7 Å². The third kappa shape index (κ3) is 1.86. The van der Waals surface area contributed by atoms with Crippen LogP contribution in [0.15, 0.2) is 12.1 Å². The summed E-state index contributed by atoms with van der Waals surface area (Å²) in [5.41, 5.74) is 1.70. The fourth-order valence-electron chi connectivity index (χ4n) is 1.63. The van der Waals surface area contributed by atoms with Gasteiger partial charge in [0.2, 0.25) is 0 Å². The third-order valence-corrected chi connectivity index (χ3v) is 2.61. The molecule has 0 saturated heterocycles. The lowest BCUT2D eigenvalue weighted by Crippen LogP contribution is -2.32. The molecule has 0 fully saturated rings. The number of hydrogen-bond acceptors (Lipinski definition) is 3. The molecule has 0 aromatic heterocycles. The molecule has 0 radical (unpaired) electrons. The number of rotatable bonds is 1. The summed E-state index contributed by atoms with van der Waals surface area (Å²) in [6, 6.07) is 2.98. The Balaban J connectivity index is 2.37. The van der Waals surface area contributed by atoms with Crippen molar-refractivity contribution in [3.63, 3.8) is 0 Å². The molecule has 0 bridgehead atoms. The van der Waals surface area contributed by atoms with E-state index in [0.717, 1.165) is 0 Å². The van der Waals surface area contributed by atoms with Gasteiger partial charge in [-0.15, -0.1) is 0 Å². The molecule has 1 aliphatic rings. The van der Waals surface area contributed by atoms with Gasteiger partial charge in [-0.2, -0.15) is 0 Å². The average molecular weight is 224 g/mol. The number of halogens is 1. The van der Waals surface area contributed by atoms with Gasteiger partial charge < -0.3 is 15.4 Å². The monoisotopic (exact) mass is 224 g/mol. The van der Waals surface area contributed by atoms with Gasteiger partial charge in [0.05, 0.1) is 17.9 Å². The number of carbonyl (C=O) groups excluding carboxylic acids is 1. The molecule has 1 atom stereocenters. The van der Waals surface area contributed by atoms with Crippen LogP contribution in [0.5, 0.6) is 0 Å². The van der Waals surface area contributed by atoms with Gasteiger partial charge in [0.25, 0.3) is 5.91 Å². The number of benzene rings is 1. The van der Waals surface area contributed by atoms with Crippen LogP contribution in [0.4, 0.5) is 15.8 Å². The molecule has 0 aliphatic carbocycles. The molecule has 0 spiro atoms. The topological polar surface area (TPSA) is 50.4 Å². The van der Waals surface area contributed by atoms with Gasteiger partial charge in [-0.25, -0.2) is 4.39 Å². The van der Waals surface area contributed by atoms with E-state index in [1.165, 1.54) is 13.2 Å². The molecular weight excluding hydrogens is 211 g/mol. The van der Waals surface area contributed by atoms with Crippen LogP contribution in [0.25, 0.3) is 0 Å². The van der Waals surface area contributed by atoms with Crippen LogP contribution in [-0.2, 0) is 9.53 Å². The Morgan fingerprint density at radius 1 is 1.44 bits per heavy atom. The minimum Gasteiger partial charge on any atom is -0.380 e. The van der Waals surface area contributed by atoms with Crippen molar-refractivity contribution in [3.8, 4) is 0 Å². The van der Waals surface area contributed by atoms with Gasteiger partial charge in [-0.3, -0.25) is 4.79 Å². The first-order valence-corrected chi connectivity index (χ1v) is 4.99. The SMILES string of the molecule is COC1CNc2cc(C)c(F)cc2NC1=O. The maximum absolute atomic E-state index is 13.3. The summed E-state index contributed by atoms with van der Waals surface area (Å²) in [6.45, 7) is 2.05. The van der Waals surface area contributed by atoms with Gasteiger partial charge in [0.1, 0.15) is 5.82 Å². The third-order valence-electron chi connectivity index (χ3n) is 2.61. The second kappa shape index (κ2) is 4.09. The number of carbonyl (C=O) groups is 1. The fourth-order valence-corrected chi connectivity index (χ4v) is 1.63. The Labute approximate surface area is 92.8 Å². The molecule has 16 heavy (non-hydrogen) atoms. The lowest BCUT2D eigenvalue weighted by atomic mass is 10.2. The number of anilines is 2. The van der Waals surface area contributed by atoms with Crippen LogP contribution in [0.1, 0.15) is 5.56 Å². The largest absolute Gasteiger partial charge is 0.380 e. The Morgan fingerprint density at radius 2 is 2.19 bits per heavy atom. The maximum Gasteiger partial charge on any atom is 0.255 e. The van der Waals surface area contributed by atoms with Crippen molar-refractivity contribution in [2.45, 2.75) is 13.0 Å². The smallest absolute Gasteiger partial charge is 0.255 e.